The third-order valence-corrected chi connectivity index (χ3v) is 3.16. The van der Waals surface area contributed by atoms with E-state index in [9.17, 15) is 4.79 Å². The molecule has 1 aromatic rings. The summed E-state index contributed by atoms with van der Waals surface area (Å²) in [6.07, 6.45) is 2.66. The predicted molar refractivity (Wildman–Crippen MR) is 70.4 cm³/mol. The van der Waals surface area contributed by atoms with Crippen LogP contribution in [0.25, 0.3) is 0 Å². The van der Waals surface area contributed by atoms with E-state index < -0.39 is 0 Å². The molecule has 0 aliphatic carbocycles. The van der Waals surface area contributed by atoms with Crippen LogP contribution < -0.4 is 4.90 Å². The van der Waals surface area contributed by atoms with E-state index in [2.05, 4.69) is 14.9 Å². The second-order valence-electron chi connectivity index (χ2n) is 4.47. The number of aromatic nitrogens is 2. The van der Waals surface area contributed by atoms with Crippen molar-refractivity contribution >= 4 is 11.8 Å². The number of rotatable bonds is 4. The number of esters is 1. The summed E-state index contributed by atoms with van der Waals surface area (Å²) in [6, 6.07) is 0. The highest BCUT2D eigenvalue weighted by molar-refractivity contribution is 5.94. The van der Waals surface area contributed by atoms with Crippen molar-refractivity contribution < 1.29 is 14.3 Å². The first-order chi connectivity index (χ1) is 9.15. The molecule has 1 unspecified atom stereocenters. The van der Waals surface area contributed by atoms with Gasteiger partial charge < -0.3 is 14.4 Å². The molecule has 2 rings (SSSR count). The Labute approximate surface area is 112 Å². The van der Waals surface area contributed by atoms with Crippen LogP contribution in [0, 0.1) is 6.92 Å². The lowest BCUT2D eigenvalue weighted by Gasteiger charge is -2.19. The summed E-state index contributed by atoms with van der Waals surface area (Å²) in [7, 11) is 1.70. The van der Waals surface area contributed by atoms with Crippen LogP contribution in [0.4, 0.5) is 5.82 Å². The first-order valence-corrected chi connectivity index (χ1v) is 6.44. The third-order valence-electron chi connectivity index (χ3n) is 3.16. The Morgan fingerprint density at radius 1 is 1.58 bits per heavy atom. The molecule has 1 aliphatic heterocycles. The molecule has 1 atom stereocenters. The van der Waals surface area contributed by atoms with E-state index in [1.54, 1.807) is 14.0 Å². The van der Waals surface area contributed by atoms with Gasteiger partial charge in [-0.1, -0.05) is 0 Å². The van der Waals surface area contributed by atoms with Crippen LogP contribution in [0.3, 0.4) is 0 Å². The summed E-state index contributed by atoms with van der Waals surface area (Å²) >= 11 is 0. The number of ether oxygens (including phenoxy) is 2. The molecule has 1 saturated heterocycles. The van der Waals surface area contributed by atoms with E-state index in [1.807, 2.05) is 6.92 Å². The molecule has 104 valence electrons. The standard InChI is InChI=1S/C13H19N3O3/c1-4-19-13(17)11-7-14-9(2)15-12(11)16-6-5-10(8-16)18-3/h7,10H,4-6,8H2,1-3H3. The van der Waals surface area contributed by atoms with Crippen LogP contribution in [0.1, 0.15) is 29.5 Å². The summed E-state index contributed by atoms with van der Waals surface area (Å²) in [5, 5.41) is 0. The third kappa shape index (κ3) is 3.01. The zero-order valence-corrected chi connectivity index (χ0v) is 11.5. The van der Waals surface area contributed by atoms with E-state index in [4.69, 9.17) is 9.47 Å². The molecule has 6 nitrogen and oxygen atoms in total. The number of carbonyl (C=O) groups is 1. The molecule has 6 heteroatoms. The summed E-state index contributed by atoms with van der Waals surface area (Å²) in [4.78, 5) is 22.4. The van der Waals surface area contributed by atoms with Gasteiger partial charge in [-0.3, -0.25) is 0 Å². The fourth-order valence-electron chi connectivity index (χ4n) is 2.16. The fourth-order valence-corrected chi connectivity index (χ4v) is 2.16. The van der Waals surface area contributed by atoms with Gasteiger partial charge in [0.15, 0.2) is 0 Å². The van der Waals surface area contributed by atoms with Gasteiger partial charge in [0.25, 0.3) is 0 Å². The van der Waals surface area contributed by atoms with Gasteiger partial charge in [0.05, 0.1) is 12.7 Å². The Morgan fingerprint density at radius 2 is 2.37 bits per heavy atom. The average molecular weight is 265 g/mol. The van der Waals surface area contributed by atoms with Crippen LogP contribution in [-0.4, -0.2) is 48.8 Å². The smallest absolute Gasteiger partial charge is 0.343 e. The summed E-state index contributed by atoms with van der Waals surface area (Å²) in [5.74, 6) is 0.910. The molecular formula is C13H19N3O3. The highest BCUT2D eigenvalue weighted by atomic mass is 16.5. The van der Waals surface area contributed by atoms with Gasteiger partial charge in [-0.15, -0.1) is 0 Å². The van der Waals surface area contributed by atoms with Crippen molar-refractivity contribution in [3.63, 3.8) is 0 Å². The van der Waals surface area contributed by atoms with Gasteiger partial charge in [0.2, 0.25) is 0 Å². The number of carbonyl (C=O) groups excluding carboxylic acids is 1. The SMILES string of the molecule is CCOC(=O)c1cnc(C)nc1N1CCC(OC)C1. The largest absolute Gasteiger partial charge is 0.462 e. The lowest BCUT2D eigenvalue weighted by atomic mass is 10.3. The summed E-state index contributed by atoms with van der Waals surface area (Å²) in [6.45, 7) is 5.49. The van der Waals surface area contributed by atoms with Crippen molar-refractivity contribution in [2.45, 2.75) is 26.4 Å². The molecule has 0 spiro atoms. The highest BCUT2D eigenvalue weighted by Gasteiger charge is 2.27. The van der Waals surface area contributed by atoms with Crippen molar-refractivity contribution in [2.75, 3.05) is 31.7 Å². The van der Waals surface area contributed by atoms with E-state index >= 15 is 0 Å². The zero-order chi connectivity index (χ0) is 13.8. The second-order valence-corrected chi connectivity index (χ2v) is 4.47. The molecule has 0 aromatic carbocycles. The summed E-state index contributed by atoms with van der Waals surface area (Å²) < 4.78 is 10.4. The van der Waals surface area contributed by atoms with Gasteiger partial charge >= 0.3 is 5.97 Å². The molecule has 0 bridgehead atoms. The molecule has 2 heterocycles. The van der Waals surface area contributed by atoms with Crippen molar-refractivity contribution in [1.82, 2.24) is 9.97 Å². The number of hydrogen-bond donors (Lipinski definition) is 0. The molecule has 0 saturated carbocycles. The van der Waals surface area contributed by atoms with Crippen LogP contribution >= 0.6 is 0 Å². The van der Waals surface area contributed by atoms with Gasteiger partial charge in [0.1, 0.15) is 17.2 Å². The Hall–Kier alpha value is -1.69. The number of aryl methyl sites for hydroxylation is 1. The summed E-state index contributed by atoms with van der Waals surface area (Å²) in [5.41, 5.74) is 0.421. The minimum atomic E-state index is -0.377. The number of anilines is 1. The lowest BCUT2D eigenvalue weighted by molar-refractivity contribution is 0.0526. The molecule has 0 N–H and O–H groups in total. The topological polar surface area (TPSA) is 64.5 Å². The predicted octanol–water partition coefficient (Wildman–Crippen LogP) is 1.19. The number of methoxy groups -OCH3 is 1. The Balaban J connectivity index is 2.27. The minimum absolute atomic E-state index is 0.185. The van der Waals surface area contributed by atoms with Gasteiger partial charge in [-0.25, -0.2) is 14.8 Å². The van der Waals surface area contributed by atoms with Crippen LogP contribution in [0.15, 0.2) is 6.20 Å². The van der Waals surface area contributed by atoms with Crippen molar-refractivity contribution in [1.29, 1.82) is 0 Å². The molecular weight excluding hydrogens is 246 g/mol. The molecule has 1 fully saturated rings. The van der Waals surface area contributed by atoms with Crippen molar-refractivity contribution in [3.8, 4) is 0 Å². The Morgan fingerprint density at radius 3 is 3.00 bits per heavy atom. The maximum absolute atomic E-state index is 11.9. The quantitative estimate of drug-likeness (QED) is 0.762. The van der Waals surface area contributed by atoms with Crippen LogP contribution in [-0.2, 0) is 9.47 Å². The molecule has 0 radical (unpaired) electrons. The van der Waals surface area contributed by atoms with E-state index in [0.29, 0.717) is 23.8 Å². The second kappa shape index (κ2) is 5.97. The first kappa shape index (κ1) is 13.7. The maximum Gasteiger partial charge on any atom is 0.343 e. The Kier molecular flexibility index (Phi) is 4.31. The van der Waals surface area contributed by atoms with Crippen molar-refractivity contribution in [2.24, 2.45) is 0 Å². The van der Waals surface area contributed by atoms with Crippen molar-refractivity contribution in [3.05, 3.63) is 17.6 Å². The zero-order valence-electron chi connectivity index (χ0n) is 11.5. The van der Waals surface area contributed by atoms with Crippen LogP contribution in [0.2, 0.25) is 0 Å². The van der Waals surface area contributed by atoms with Gasteiger partial charge in [0, 0.05) is 26.4 Å². The molecule has 1 aromatic heterocycles. The molecule has 0 amide bonds. The first-order valence-electron chi connectivity index (χ1n) is 6.44. The van der Waals surface area contributed by atoms with Gasteiger partial charge in [-0.2, -0.15) is 0 Å². The maximum atomic E-state index is 11.9. The van der Waals surface area contributed by atoms with E-state index in [-0.39, 0.29) is 12.1 Å². The highest BCUT2D eigenvalue weighted by Crippen LogP contribution is 2.23. The lowest BCUT2D eigenvalue weighted by Crippen LogP contribution is -2.26. The normalized spacial score (nSPS) is 18.7. The number of nitrogens with zero attached hydrogens (tertiary/aromatic N) is 3. The molecule has 19 heavy (non-hydrogen) atoms. The minimum Gasteiger partial charge on any atom is -0.462 e. The van der Waals surface area contributed by atoms with Gasteiger partial charge in [-0.05, 0) is 20.3 Å². The molecule has 1 aliphatic rings. The van der Waals surface area contributed by atoms with Crippen LogP contribution in [0.5, 0.6) is 0 Å². The Bertz CT molecular complexity index is 464. The average Bonchev–Trinajstić information content (AvgIpc) is 2.87. The van der Waals surface area contributed by atoms with E-state index in [1.165, 1.54) is 6.20 Å². The monoisotopic (exact) mass is 265 g/mol. The van der Waals surface area contributed by atoms with E-state index in [0.717, 1.165) is 19.5 Å². The fraction of sp³-hybridized carbons (Fsp3) is 0.615. The number of hydrogen-bond acceptors (Lipinski definition) is 6.